The van der Waals surface area contributed by atoms with Crippen LogP contribution in [0, 0.1) is 0 Å². The van der Waals surface area contributed by atoms with Crippen LogP contribution in [-0.2, 0) is 6.54 Å². The maximum atomic E-state index is 10.6. The number of rotatable bonds is 5. The van der Waals surface area contributed by atoms with Crippen LogP contribution in [-0.4, -0.2) is 43.1 Å². The third-order valence-corrected chi connectivity index (χ3v) is 5.91. The van der Waals surface area contributed by atoms with Crippen LogP contribution in [0.15, 0.2) is 73.1 Å². The van der Waals surface area contributed by atoms with Gasteiger partial charge in [0.1, 0.15) is 11.8 Å². The van der Waals surface area contributed by atoms with Gasteiger partial charge >= 0.3 is 0 Å². The molecule has 6 heteroatoms. The summed E-state index contributed by atoms with van der Waals surface area (Å²) in [6.45, 7) is 2.93. The van der Waals surface area contributed by atoms with E-state index in [1.54, 1.807) is 0 Å². The highest BCUT2D eigenvalue weighted by molar-refractivity contribution is 5.78. The quantitative estimate of drug-likeness (QED) is 0.554. The Morgan fingerprint density at radius 2 is 1.77 bits per heavy atom. The van der Waals surface area contributed by atoms with Gasteiger partial charge in [0.05, 0.1) is 17.8 Å². The number of likely N-dealkylation sites (tertiary alicyclic amines) is 1. The SMILES string of the molecule is O[C@@H](c1ccccc1)c1cn(C2CCN(Cc3cnc4ccccc4c3)CC2)nn1. The number of hydrogen-bond acceptors (Lipinski definition) is 5. The van der Waals surface area contributed by atoms with Gasteiger partial charge in [-0.2, -0.15) is 0 Å². The average molecular weight is 399 g/mol. The smallest absolute Gasteiger partial charge is 0.124 e. The first-order valence-corrected chi connectivity index (χ1v) is 10.5. The van der Waals surface area contributed by atoms with E-state index in [0.29, 0.717) is 11.7 Å². The lowest BCUT2D eigenvalue weighted by Crippen LogP contribution is -2.34. The lowest BCUT2D eigenvalue weighted by molar-refractivity contribution is 0.172. The van der Waals surface area contributed by atoms with E-state index >= 15 is 0 Å². The summed E-state index contributed by atoms with van der Waals surface area (Å²) in [5, 5.41) is 20.3. The van der Waals surface area contributed by atoms with E-state index in [1.807, 2.05) is 59.5 Å². The molecule has 0 radical (unpaired) electrons. The van der Waals surface area contributed by atoms with Gasteiger partial charge in [-0.3, -0.25) is 9.88 Å². The zero-order valence-corrected chi connectivity index (χ0v) is 16.8. The number of benzene rings is 2. The molecule has 6 nitrogen and oxygen atoms in total. The van der Waals surface area contributed by atoms with E-state index < -0.39 is 6.10 Å². The summed E-state index contributed by atoms with van der Waals surface area (Å²) >= 11 is 0. The van der Waals surface area contributed by atoms with Gasteiger partial charge in [-0.05, 0) is 36.1 Å². The molecule has 30 heavy (non-hydrogen) atoms. The van der Waals surface area contributed by atoms with Crippen LogP contribution in [0.4, 0.5) is 0 Å². The molecule has 2 aromatic heterocycles. The number of aliphatic hydroxyl groups is 1. The molecule has 0 spiro atoms. The number of nitrogens with zero attached hydrogens (tertiary/aromatic N) is 5. The van der Waals surface area contributed by atoms with Crippen LogP contribution in [0.3, 0.4) is 0 Å². The monoisotopic (exact) mass is 399 g/mol. The predicted molar refractivity (Wildman–Crippen MR) is 116 cm³/mol. The van der Waals surface area contributed by atoms with Crippen molar-refractivity contribution in [2.75, 3.05) is 13.1 Å². The van der Waals surface area contributed by atoms with Gasteiger partial charge in [0.2, 0.25) is 0 Å². The molecule has 1 aliphatic heterocycles. The third-order valence-electron chi connectivity index (χ3n) is 5.91. The molecule has 1 atom stereocenters. The molecule has 0 amide bonds. The summed E-state index contributed by atoms with van der Waals surface area (Å²) in [5.41, 5.74) is 3.73. The second kappa shape index (κ2) is 8.34. The number of hydrogen-bond donors (Lipinski definition) is 1. The number of piperidine rings is 1. The molecule has 0 unspecified atom stereocenters. The summed E-state index contributed by atoms with van der Waals surface area (Å²) in [6.07, 6.45) is 5.19. The van der Waals surface area contributed by atoms with Crippen molar-refractivity contribution >= 4 is 10.9 Å². The molecule has 2 aromatic carbocycles. The Morgan fingerprint density at radius 3 is 2.60 bits per heavy atom. The lowest BCUT2D eigenvalue weighted by Gasteiger charge is -2.31. The largest absolute Gasteiger partial charge is 0.382 e. The summed E-state index contributed by atoms with van der Waals surface area (Å²) in [4.78, 5) is 7.05. The molecule has 4 aromatic rings. The van der Waals surface area contributed by atoms with Crippen molar-refractivity contribution in [1.82, 2.24) is 24.9 Å². The Morgan fingerprint density at radius 1 is 1.00 bits per heavy atom. The lowest BCUT2D eigenvalue weighted by atomic mass is 10.0. The van der Waals surface area contributed by atoms with Crippen molar-refractivity contribution in [3.05, 3.63) is 89.9 Å². The van der Waals surface area contributed by atoms with Gasteiger partial charge < -0.3 is 5.11 Å². The molecule has 1 fully saturated rings. The maximum absolute atomic E-state index is 10.6. The van der Waals surface area contributed by atoms with Gasteiger partial charge in [0, 0.05) is 31.2 Å². The fourth-order valence-electron chi connectivity index (χ4n) is 4.20. The fraction of sp³-hybridized carbons (Fsp3) is 0.292. The van der Waals surface area contributed by atoms with Crippen LogP contribution < -0.4 is 0 Å². The van der Waals surface area contributed by atoms with Crippen LogP contribution in [0.1, 0.15) is 41.8 Å². The highest BCUT2D eigenvalue weighted by atomic mass is 16.3. The molecule has 0 aliphatic carbocycles. The van der Waals surface area contributed by atoms with Crippen LogP contribution in [0.5, 0.6) is 0 Å². The highest BCUT2D eigenvalue weighted by Crippen LogP contribution is 2.26. The number of fused-ring (bicyclic) bond motifs is 1. The normalized spacial score (nSPS) is 16.7. The van der Waals surface area contributed by atoms with Gasteiger partial charge in [0.25, 0.3) is 0 Å². The van der Waals surface area contributed by atoms with Crippen molar-refractivity contribution in [3.63, 3.8) is 0 Å². The van der Waals surface area contributed by atoms with E-state index in [-0.39, 0.29) is 0 Å². The minimum Gasteiger partial charge on any atom is -0.382 e. The van der Waals surface area contributed by atoms with E-state index in [2.05, 4.69) is 38.4 Å². The minimum absolute atomic E-state index is 0.320. The fourth-order valence-corrected chi connectivity index (χ4v) is 4.20. The van der Waals surface area contributed by atoms with Gasteiger partial charge in [-0.25, -0.2) is 4.68 Å². The first-order valence-electron chi connectivity index (χ1n) is 10.5. The topological polar surface area (TPSA) is 67.1 Å². The first kappa shape index (κ1) is 18.9. The van der Waals surface area contributed by atoms with Crippen LogP contribution >= 0.6 is 0 Å². The molecule has 5 rings (SSSR count). The number of pyridine rings is 1. The van der Waals surface area contributed by atoms with Crippen LogP contribution in [0.25, 0.3) is 10.9 Å². The molecule has 3 heterocycles. The Balaban J connectivity index is 1.20. The molecular weight excluding hydrogens is 374 g/mol. The summed E-state index contributed by atoms with van der Waals surface area (Å²) < 4.78 is 1.93. The molecule has 0 saturated carbocycles. The van der Waals surface area contributed by atoms with Crippen LogP contribution in [0.2, 0.25) is 0 Å². The minimum atomic E-state index is -0.736. The Kier molecular flexibility index (Phi) is 5.26. The highest BCUT2D eigenvalue weighted by Gasteiger charge is 2.23. The average Bonchev–Trinajstić information content (AvgIpc) is 3.30. The van der Waals surface area contributed by atoms with Gasteiger partial charge in [-0.15, -0.1) is 5.10 Å². The van der Waals surface area contributed by atoms with E-state index in [4.69, 9.17) is 0 Å². The first-order chi connectivity index (χ1) is 14.8. The summed E-state index contributed by atoms with van der Waals surface area (Å²) in [6, 6.07) is 20.4. The maximum Gasteiger partial charge on any atom is 0.124 e. The molecular formula is C24H25N5O. The van der Waals surface area contributed by atoms with Crippen molar-refractivity contribution in [2.24, 2.45) is 0 Å². The van der Waals surface area contributed by atoms with E-state index in [0.717, 1.165) is 43.6 Å². The van der Waals surface area contributed by atoms with Gasteiger partial charge in [-0.1, -0.05) is 53.7 Å². The Labute approximate surface area is 175 Å². The Bertz CT molecular complexity index is 1120. The van der Waals surface area contributed by atoms with Crippen molar-refractivity contribution in [1.29, 1.82) is 0 Å². The third kappa shape index (κ3) is 3.97. The number of para-hydroxylation sites is 1. The standard InChI is InChI=1S/C24H25N5O/c30-24(19-6-2-1-3-7-19)23-17-29(27-26-23)21-10-12-28(13-11-21)16-18-14-20-8-4-5-9-22(20)25-15-18/h1-9,14-15,17,21,24,30H,10-13,16H2/t24-/m0/s1. The van der Waals surface area contributed by atoms with Crippen molar-refractivity contribution < 1.29 is 5.11 Å². The number of aromatic nitrogens is 4. The van der Waals surface area contributed by atoms with Crippen molar-refractivity contribution in [3.8, 4) is 0 Å². The molecule has 1 N–H and O–H groups in total. The second-order valence-corrected chi connectivity index (χ2v) is 7.98. The summed E-state index contributed by atoms with van der Waals surface area (Å²) in [5.74, 6) is 0. The zero-order chi connectivity index (χ0) is 20.3. The summed E-state index contributed by atoms with van der Waals surface area (Å²) in [7, 11) is 0. The zero-order valence-electron chi connectivity index (χ0n) is 16.8. The molecule has 152 valence electrons. The van der Waals surface area contributed by atoms with E-state index in [1.165, 1.54) is 10.9 Å². The second-order valence-electron chi connectivity index (χ2n) is 7.98. The van der Waals surface area contributed by atoms with Gasteiger partial charge in [0.15, 0.2) is 0 Å². The molecule has 1 saturated heterocycles. The number of aliphatic hydroxyl groups excluding tert-OH is 1. The molecule has 0 bridgehead atoms. The predicted octanol–water partition coefficient (Wildman–Crippen LogP) is 3.75. The van der Waals surface area contributed by atoms with E-state index in [9.17, 15) is 5.11 Å². The molecule has 1 aliphatic rings. The van der Waals surface area contributed by atoms with Crippen molar-refractivity contribution in [2.45, 2.75) is 31.5 Å². The Hall–Kier alpha value is -3.09.